The minimum atomic E-state index is 0. The second-order valence-corrected chi connectivity index (χ2v) is 0. The average molecular weight is 217 g/mol. The van der Waals surface area contributed by atoms with Crippen LogP contribution in [0.25, 0.3) is 0 Å². The molecule has 0 aromatic rings. The largest absolute Gasteiger partial charge is 0.344 e. The maximum absolute atomic E-state index is 0. The Hall–Kier alpha value is -0.740. The molecular formula is H13F10N. The monoisotopic (exact) mass is 217 g/mol. The molecule has 0 heterocycles. The first kappa shape index (κ1) is 1610. The van der Waals surface area contributed by atoms with Gasteiger partial charge in [0.2, 0.25) is 0 Å². The van der Waals surface area contributed by atoms with Crippen molar-refractivity contribution in [2.24, 2.45) is 0 Å². The van der Waals surface area contributed by atoms with E-state index in [-0.39, 0.29) is 53.2 Å². The maximum Gasteiger partial charge on any atom is -0.269 e. The zero-order valence-corrected chi connectivity index (χ0v) is 4.79. The maximum atomic E-state index is 0. The molecule has 0 aliphatic rings. The standard InChI is InChI=1S/10FH.H3N/h10*1H;1H3. The SMILES string of the molecule is F.F.F.F.F.F.F.F.F.F.N. The van der Waals surface area contributed by atoms with Gasteiger partial charge in [-0.2, -0.15) is 0 Å². The summed E-state index contributed by atoms with van der Waals surface area (Å²) in [6.07, 6.45) is 0. The van der Waals surface area contributed by atoms with Crippen LogP contribution in [0, 0.1) is 0 Å². The highest BCUT2D eigenvalue weighted by Crippen LogP contribution is 0.429. The molecule has 0 radical (unpaired) electrons. The molecule has 0 spiro atoms. The van der Waals surface area contributed by atoms with Crippen molar-refractivity contribution in [2.75, 3.05) is 0 Å². The van der Waals surface area contributed by atoms with Crippen LogP contribution in [0.1, 0.15) is 0 Å². The summed E-state index contributed by atoms with van der Waals surface area (Å²) in [6, 6.07) is 0. The van der Waals surface area contributed by atoms with Crippen molar-refractivity contribution in [3.63, 3.8) is 0 Å². The second-order valence-electron chi connectivity index (χ2n) is 0. The van der Waals surface area contributed by atoms with Crippen molar-refractivity contribution in [1.82, 2.24) is 6.15 Å². The van der Waals surface area contributed by atoms with Crippen LogP contribution in [0.2, 0.25) is 0 Å². The van der Waals surface area contributed by atoms with Gasteiger partial charge >= 0.3 is 0 Å². The van der Waals surface area contributed by atoms with Gasteiger partial charge in [-0.1, -0.05) is 0 Å². The third-order valence-corrected chi connectivity index (χ3v) is 0. The number of rotatable bonds is 0. The van der Waals surface area contributed by atoms with Gasteiger partial charge in [0.15, 0.2) is 0 Å². The molecule has 0 saturated heterocycles. The molecule has 0 aliphatic heterocycles. The van der Waals surface area contributed by atoms with Crippen molar-refractivity contribution in [2.45, 2.75) is 0 Å². The van der Waals surface area contributed by atoms with Gasteiger partial charge in [-0.05, 0) is 0 Å². The fourth-order valence-corrected chi connectivity index (χ4v) is 0. The summed E-state index contributed by atoms with van der Waals surface area (Å²) < 4.78 is 0. The summed E-state index contributed by atoms with van der Waals surface area (Å²) in [4.78, 5) is 0. The fourth-order valence-electron chi connectivity index (χ4n) is 0. The van der Waals surface area contributed by atoms with Crippen LogP contribution in [0.4, 0.5) is 47.0 Å². The third kappa shape index (κ3) is 891. The van der Waals surface area contributed by atoms with Crippen LogP contribution in [0.15, 0.2) is 0 Å². The molecule has 0 unspecified atom stereocenters. The van der Waals surface area contributed by atoms with Gasteiger partial charge in [0.05, 0.1) is 0 Å². The molecule has 11 heteroatoms. The topological polar surface area (TPSA) is 35.0 Å². The zero-order chi connectivity index (χ0) is 0. The lowest BCUT2D eigenvalue weighted by molar-refractivity contribution is 1.11. The Morgan fingerprint density at radius 1 is 0.182 bits per heavy atom. The Morgan fingerprint density at radius 3 is 0.182 bits per heavy atom. The molecule has 88 valence electrons. The first-order valence-corrected chi connectivity index (χ1v) is 0. The minimum absolute atomic E-state index is 0. The van der Waals surface area contributed by atoms with E-state index in [4.69, 9.17) is 0 Å². The molecule has 0 aromatic carbocycles. The molecule has 11 heavy (non-hydrogen) atoms. The first-order chi connectivity index (χ1) is 0. The van der Waals surface area contributed by atoms with Crippen molar-refractivity contribution in [1.29, 1.82) is 0 Å². The summed E-state index contributed by atoms with van der Waals surface area (Å²) in [5, 5.41) is 0. The molecule has 0 bridgehead atoms. The van der Waals surface area contributed by atoms with Gasteiger partial charge in [-0.25, -0.2) is 0 Å². The molecular weight excluding hydrogens is 204 g/mol. The van der Waals surface area contributed by atoms with Crippen molar-refractivity contribution < 1.29 is 47.0 Å². The van der Waals surface area contributed by atoms with E-state index >= 15 is 0 Å². The highest BCUT2D eigenvalue weighted by Gasteiger charge is -0.260. The Labute approximate surface area is 54.8 Å². The average Bonchev–Trinajstić information content (AvgIpc) is 0. The minimum Gasteiger partial charge on any atom is -0.344 e. The molecule has 0 amide bonds. The molecule has 0 saturated carbocycles. The predicted octanol–water partition coefficient (Wildman–Crippen LogP) is 1.69. The lowest BCUT2D eigenvalue weighted by Crippen LogP contribution is -0.481. The lowest BCUT2D eigenvalue weighted by atomic mass is 14.0. The zero-order valence-electron chi connectivity index (χ0n) is 4.79. The third-order valence-electron chi connectivity index (χ3n) is 0. The van der Waals surface area contributed by atoms with E-state index in [0.29, 0.717) is 0 Å². The second kappa shape index (κ2) is 1150. The van der Waals surface area contributed by atoms with E-state index in [1.165, 1.54) is 0 Å². The lowest BCUT2D eigenvalue weighted by Gasteiger charge is -0.344. The number of hydrogen-bond acceptors (Lipinski definition) is 1. The predicted molar refractivity (Wildman–Crippen MR) is 30.1 cm³/mol. The van der Waals surface area contributed by atoms with Crippen LogP contribution in [0.5, 0.6) is 0 Å². The quantitative estimate of drug-likeness (QED) is 0.615. The summed E-state index contributed by atoms with van der Waals surface area (Å²) in [5.74, 6) is 0. The molecule has 0 aliphatic carbocycles. The van der Waals surface area contributed by atoms with Crippen molar-refractivity contribution in [3.05, 3.63) is 0 Å². The Bertz CT molecular complexity index is 4.83. The van der Waals surface area contributed by atoms with E-state index in [9.17, 15) is 0 Å². The van der Waals surface area contributed by atoms with Crippen LogP contribution in [-0.2, 0) is 0 Å². The highest BCUT2D eigenvalue weighted by molar-refractivity contribution is 2.13. The molecule has 0 rings (SSSR count). The normalized spacial score (nSPS) is 0. The molecule has 1 nitrogen and oxygen atoms in total. The molecule has 0 aromatic heterocycles. The van der Waals surface area contributed by atoms with Gasteiger partial charge < -0.3 is 6.15 Å². The molecule has 3 N–H and O–H groups in total. The van der Waals surface area contributed by atoms with Crippen LogP contribution < -0.4 is 6.15 Å². The van der Waals surface area contributed by atoms with Crippen molar-refractivity contribution in [3.8, 4) is 0 Å². The first-order valence-electron chi connectivity index (χ1n) is 0. The van der Waals surface area contributed by atoms with E-state index in [1.807, 2.05) is 0 Å². The summed E-state index contributed by atoms with van der Waals surface area (Å²) in [7, 11) is 0. The molecule has 0 fully saturated rings. The van der Waals surface area contributed by atoms with E-state index in [0.717, 1.165) is 0 Å². The molecule has 0 atom stereocenters. The van der Waals surface area contributed by atoms with Crippen LogP contribution in [-0.4, -0.2) is 0 Å². The van der Waals surface area contributed by atoms with Gasteiger partial charge in [-0.3, -0.25) is 47.0 Å². The van der Waals surface area contributed by atoms with Crippen LogP contribution in [0.3, 0.4) is 0 Å². The highest BCUT2D eigenvalue weighted by atomic mass is 19.0. The Balaban J connectivity index is 0. The van der Waals surface area contributed by atoms with Crippen LogP contribution >= 0.6 is 0 Å². The number of hydrogen-bond donors (Lipinski definition) is 1. The van der Waals surface area contributed by atoms with Crippen molar-refractivity contribution >= 4 is 0 Å². The van der Waals surface area contributed by atoms with Gasteiger partial charge in [0, 0.05) is 0 Å². The summed E-state index contributed by atoms with van der Waals surface area (Å²) >= 11 is 0. The van der Waals surface area contributed by atoms with E-state index in [1.54, 1.807) is 0 Å². The van der Waals surface area contributed by atoms with E-state index < -0.39 is 0 Å². The van der Waals surface area contributed by atoms with Gasteiger partial charge in [0.1, 0.15) is 0 Å². The number of halogens is 10. The van der Waals surface area contributed by atoms with Gasteiger partial charge in [-0.15, -0.1) is 0 Å². The smallest absolute Gasteiger partial charge is 0.269 e. The summed E-state index contributed by atoms with van der Waals surface area (Å²) in [5.41, 5.74) is 0. The fraction of sp³-hybridized carbons (Fsp3) is 0. The van der Waals surface area contributed by atoms with E-state index in [2.05, 4.69) is 0 Å². The van der Waals surface area contributed by atoms with Gasteiger partial charge in [0.25, 0.3) is 0 Å². The summed E-state index contributed by atoms with van der Waals surface area (Å²) in [6.45, 7) is 0. The Kier molecular flexibility index (Phi) is 169000. The Morgan fingerprint density at radius 2 is 0.182 bits per heavy atom.